The molecule has 0 saturated carbocycles. The first-order chi connectivity index (χ1) is 13.5. The summed E-state index contributed by atoms with van der Waals surface area (Å²) in [6.07, 6.45) is 2.52. The maximum atomic E-state index is 12.5. The summed E-state index contributed by atoms with van der Waals surface area (Å²) >= 11 is 0. The minimum absolute atomic E-state index is 0.00505. The summed E-state index contributed by atoms with van der Waals surface area (Å²) in [6, 6.07) is 14.3. The van der Waals surface area contributed by atoms with Gasteiger partial charge in [0, 0.05) is 31.0 Å². The van der Waals surface area contributed by atoms with Gasteiger partial charge in [-0.2, -0.15) is 0 Å². The van der Waals surface area contributed by atoms with E-state index < -0.39 is 0 Å². The van der Waals surface area contributed by atoms with E-state index in [-0.39, 0.29) is 5.91 Å². The van der Waals surface area contributed by atoms with Crippen LogP contribution in [-0.2, 0) is 11.3 Å². The molecule has 1 heterocycles. The van der Waals surface area contributed by atoms with E-state index in [1.165, 1.54) is 18.5 Å². The average molecular weight is 382 g/mol. The summed E-state index contributed by atoms with van der Waals surface area (Å²) in [5, 5.41) is 3.05. The monoisotopic (exact) mass is 381 g/mol. The van der Waals surface area contributed by atoms with Gasteiger partial charge in [0.15, 0.2) is 0 Å². The van der Waals surface area contributed by atoms with Crippen LogP contribution in [0.5, 0.6) is 5.75 Å². The van der Waals surface area contributed by atoms with Crippen LogP contribution in [0, 0.1) is 6.92 Å². The molecular weight excluding hydrogens is 350 g/mol. The third-order valence-electron chi connectivity index (χ3n) is 5.06. The molecule has 5 nitrogen and oxygen atoms in total. The largest absolute Gasteiger partial charge is 0.494 e. The van der Waals surface area contributed by atoms with Crippen LogP contribution in [0.3, 0.4) is 0 Å². The molecule has 1 aliphatic heterocycles. The number of amides is 1. The minimum Gasteiger partial charge on any atom is -0.494 e. The second-order valence-corrected chi connectivity index (χ2v) is 7.49. The van der Waals surface area contributed by atoms with Crippen LogP contribution in [-0.4, -0.2) is 44.1 Å². The maximum absolute atomic E-state index is 12.5. The van der Waals surface area contributed by atoms with Crippen LogP contribution < -0.4 is 15.0 Å². The van der Waals surface area contributed by atoms with Crippen LogP contribution in [0.15, 0.2) is 42.5 Å². The Bertz CT molecular complexity index is 783. The van der Waals surface area contributed by atoms with E-state index in [2.05, 4.69) is 29.3 Å². The fraction of sp³-hybridized carbons (Fsp3) is 0.435. The van der Waals surface area contributed by atoms with E-state index in [9.17, 15) is 4.79 Å². The molecule has 1 fully saturated rings. The Balaban J connectivity index is 1.51. The second-order valence-electron chi connectivity index (χ2n) is 7.49. The Kier molecular flexibility index (Phi) is 6.93. The van der Waals surface area contributed by atoms with E-state index in [4.69, 9.17) is 4.74 Å². The Hall–Kier alpha value is -2.53. The van der Waals surface area contributed by atoms with E-state index >= 15 is 0 Å². The van der Waals surface area contributed by atoms with Gasteiger partial charge in [0.1, 0.15) is 5.75 Å². The van der Waals surface area contributed by atoms with Crippen molar-refractivity contribution in [1.29, 1.82) is 0 Å². The van der Waals surface area contributed by atoms with Crippen LogP contribution in [0.4, 0.5) is 11.4 Å². The number of rotatable bonds is 8. The lowest BCUT2D eigenvalue weighted by Gasteiger charge is -2.20. The number of aryl methyl sites for hydroxylation is 1. The van der Waals surface area contributed by atoms with Crippen LogP contribution in [0.1, 0.15) is 30.9 Å². The number of hydrogen-bond acceptors (Lipinski definition) is 4. The summed E-state index contributed by atoms with van der Waals surface area (Å²) in [4.78, 5) is 16.9. The molecule has 0 unspecified atom stereocenters. The minimum atomic E-state index is 0.00505. The number of likely N-dealkylation sites (N-methyl/N-ethyl adjacent to an activating group) is 1. The lowest BCUT2D eigenvalue weighted by molar-refractivity contribution is -0.117. The summed E-state index contributed by atoms with van der Waals surface area (Å²) < 4.78 is 5.47. The lowest BCUT2D eigenvalue weighted by atomic mass is 10.1. The summed E-state index contributed by atoms with van der Waals surface area (Å²) in [5.74, 6) is 0.880. The highest BCUT2D eigenvalue weighted by atomic mass is 16.5. The predicted octanol–water partition coefficient (Wildman–Crippen LogP) is 4.06. The first kappa shape index (κ1) is 20.2. The number of carbonyl (C=O) groups is 1. The molecule has 1 aliphatic rings. The van der Waals surface area contributed by atoms with Gasteiger partial charge in [-0.3, -0.25) is 9.69 Å². The highest BCUT2D eigenvalue weighted by Crippen LogP contribution is 2.25. The van der Waals surface area contributed by atoms with Crippen molar-refractivity contribution < 1.29 is 9.53 Å². The molecule has 28 heavy (non-hydrogen) atoms. The van der Waals surface area contributed by atoms with Gasteiger partial charge in [-0.25, -0.2) is 0 Å². The molecule has 3 rings (SSSR count). The van der Waals surface area contributed by atoms with Gasteiger partial charge in [0.25, 0.3) is 0 Å². The molecule has 0 aromatic heterocycles. The van der Waals surface area contributed by atoms with Crippen molar-refractivity contribution in [2.45, 2.75) is 33.2 Å². The number of nitrogens with zero attached hydrogens (tertiary/aromatic N) is 2. The third-order valence-corrected chi connectivity index (χ3v) is 5.06. The van der Waals surface area contributed by atoms with Gasteiger partial charge in [-0.15, -0.1) is 0 Å². The molecule has 150 valence electrons. The number of carbonyl (C=O) groups excluding carboxylic acids is 1. The molecule has 1 N–H and O–H groups in total. The lowest BCUT2D eigenvalue weighted by Crippen LogP contribution is -2.30. The highest BCUT2D eigenvalue weighted by Gasteiger charge is 2.14. The number of benzene rings is 2. The smallest absolute Gasteiger partial charge is 0.238 e. The van der Waals surface area contributed by atoms with Crippen molar-refractivity contribution in [2.75, 3.05) is 43.5 Å². The van der Waals surface area contributed by atoms with Gasteiger partial charge in [-0.1, -0.05) is 12.1 Å². The summed E-state index contributed by atoms with van der Waals surface area (Å²) in [6.45, 7) is 8.01. The molecule has 1 amide bonds. The van der Waals surface area contributed by atoms with Crippen LogP contribution in [0.2, 0.25) is 0 Å². The molecule has 2 aromatic carbocycles. The molecule has 0 radical (unpaired) electrons. The predicted molar refractivity (Wildman–Crippen MR) is 115 cm³/mol. The van der Waals surface area contributed by atoms with Gasteiger partial charge >= 0.3 is 0 Å². The zero-order chi connectivity index (χ0) is 19.9. The van der Waals surface area contributed by atoms with Gasteiger partial charge in [0.05, 0.1) is 13.2 Å². The molecule has 2 aromatic rings. The molecule has 5 heteroatoms. The Morgan fingerprint density at radius 1 is 1.14 bits per heavy atom. The topological polar surface area (TPSA) is 44.8 Å². The van der Waals surface area contributed by atoms with Crippen molar-refractivity contribution in [1.82, 2.24) is 4.90 Å². The Morgan fingerprint density at radius 2 is 1.86 bits per heavy atom. The fourth-order valence-corrected chi connectivity index (χ4v) is 3.62. The molecule has 0 bridgehead atoms. The van der Waals surface area contributed by atoms with E-state index in [0.29, 0.717) is 19.7 Å². The first-order valence-electron chi connectivity index (χ1n) is 10.1. The molecule has 1 saturated heterocycles. The summed E-state index contributed by atoms with van der Waals surface area (Å²) in [7, 11) is 1.96. The number of anilines is 2. The van der Waals surface area contributed by atoms with Crippen molar-refractivity contribution in [3.05, 3.63) is 53.6 Å². The van der Waals surface area contributed by atoms with E-state index in [1.54, 1.807) is 0 Å². The summed E-state index contributed by atoms with van der Waals surface area (Å²) in [5.41, 5.74) is 4.40. The van der Waals surface area contributed by atoms with E-state index in [0.717, 1.165) is 35.7 Å². The zero-order valence-electron chi connectivity index (χ0n) is 17.2. The van der Waals surface area contributed by atoms with Gasteiger partial charge in [-0.05, 0) is 75.2 Å². The standard InChI is InChI=1S/C23H31N3O2/c1-4-28-21-10-7-19(8-11-21)16-25(3)17-23(27)24-22-12-9-20(15-18(22)2)26-13-5-6-14-26/h7-12,15H,4-6,13-14,16-17H2,1-3H3,(H,24,27). The normalized spacial score (nSPS) is 13.8. The van der Waals surface area contributed by atoms with Crippen LogP contribution in [0.25, 0.3) is 0 Å². The molecule has 0 aliphatic carbocycles. The Morgan fingerprint density at radius 3 is 2.50 bits per heavy atom. The van der Waals surface area contributed by atoms with Crippen molar-refractivity contribution in [3.63, 3.8) is 0 Å². The SMILES string of the molecule is CCOc1ccc(CN(C)CC(=O)Nc2ccc(N3CCCC3)cc2C)cc1. The Labute approximate surface area is 168 Å². The number of hydrogen-bond donors (Lipinski definition) is 1. The molecule has 0 spiro atoms. The highest BCUT2D eigenvalue weighted by molar-refractivity contribution is 5.93. The third kappa shape index (κ3) is 5.49. The quantitative estimate of drug-likeness (QED) is 0.749. The van der Waals surface area contributed by atoms with Crippen molar-refractivity contribution >= 4 is 17.3 Å². The van der Waals surface area contributed by atoms with Crippen molar-refractivity contribution in [2.24, 2.45) is 0 Å². The number of nitrogens with one attached hydrogen (secondary N) is 1. The van der Waals surface area contributed by atoms with Crippen molar-refractivity contribution in [3.8, 4) is 5.75 Å². The fourth-order valence-electron chi connectivity index (χ4n) is 3.62. The maximum Gasteiger partial charge on any atom is 0.238 e. The molecule has 0 atom stereocenters. The average Bonchev–Trinajstić information content (AvgIpc) is 3.20. The number of ether oxygens (including phenoxy) is 1. The second kappa shape index (κ2) is 9.60. The van der Waals surface area contributed by atoms with Gasteiger partial charge in [0.2, 0.25) is 5.91 Å². The zero-order valence-corrected chi connectivity index (χ0v) is 17.2. The first-order valence-corrected chi connectivity index (χ1v) is 10.1. The van der Waals surface area contributed by atoms with Gasteiger partial charge < -0.3 is 15.0 Å². The van der Waals surface area contributed by atoms with E-state index in [1.807, 2.05) is 49.2 Å². The van der Waals surface area contributed by atoms with Crippen LogP contribution >= 0.6 is 0 Å². The molecular formula is C23H31N3O2.